The van der Waals surface area contributed by atoms with E-state index in [1.54, 1.807) is 109 Å². The van der Waals surface area contributed by atoms with Crippen LogP contribution >= 0.6 is 31.9 Å². The molecule has 97 heavy (non-hydrogen) atoms. The number of pyridine rings is 5. The maximum Gasteiger partial charge on any atom is 2.00 e. The van der Waals surface area contributed by atoms with Gasteiger partial charge in [-0.3, -0.25) is 39.3 Å². The number of carboxylic acids is 1. The number of hydrogen-bond donors (Lipinski definition) is 2. The molecular formula is C70H68Br3MgN17O6. The number of benzene rings is 5. The smallest absolute Gasteiger partial charge is 1.00 e. The number of hydroxylamine groups is 2. The Balaban J connectivity index is 0.000000187. The van der Waals surface area contributed by atoms with Crippen LogP contribution in [-0.4, -0.2) is 167 Å². The Bertz CT molecular complexity index is 4660. The van der Waals surface area contributed by atoms with E-state index in [0.29, 0.717) is 42.9 Å². The normalized spacial score (nSPS) is 11.7. The third kappa shape index (κ3) is 20.7. The van der Waals surface area contributed by atoms with Crippen molar-refractivity contribution < 1.29 is 46.0 Å². The van der Waals surface area contributed by atoms with E-state index in [2.05, 4.69) is 141 Å². The molecule has 15 rings (SSSR count). The van der Waals surface area contributed by atoms with Crippen molar-refractivity contribution in [2.45, 2.75) is 45.7 Å². The van der Waals surface area contributed by atoms with E-state index in [4.69, 9.17) is 14.7 Å². The van der Waals surface area contributed by atoms with Crippen molar-refractivity contribution in [1.82, 2.24) is 85.2 Å². The summed E-state index contributed by atoms with van der Waals surface area (Å²) < 4.78 is 9.84. The average Bonchev–Trinajstić information content (AvgIpc) is 1.71. The third-order valence-electron chi connectivity index (χ3n) is 14.4. The number of aromatic nitrogens is 15. The van der Waals surface area contributed by atoms with E-state index in [9.17, 15) is 14.4 Å². The molecular weight excluding hydrogens is 1440 g/mol. The van der Waals surface area contributed by atoms with E-state index >= 15 is 0 Å². The van der Waals surface area contributed by atoms with E-state index in [0.717, 1.165) is 84.4 Å². The average molecular weight is 1510 g/mol. The van der Waals surface area contributed by atoms with Crippen molar-refractivity contribution in [3.8, 4) is 0 Å². The first-order chi connectivity index (χ1) is 45.6. The summed E-state index contributed by atoms with van der Waals surface area (Å²) in [5.41, 5.74) is 10.8. The predicted octanol–water partition coefficient (Wildman–Crippen LogP) is 10.2. The zero-order valence-electron chi connectivity index (χ0n) is 54.4. The van der Waals surface area contributed by atoms with E-state index in [1.807, 2.05) is 99.0 Å². The molecule has 1 aliphatic rings. The summed E-state index contributed by atoms with van der Waals surface area (Å²) in [4.78, 5) is 76.7. The molecule has 9 aromatic heterocycles. The van der Waals surface area contributed by atoms with E-state index in [-0.39, 0.29) is 71.2 Å². The van der Waals surface area contributed by atoms with Crippen LogP contribution in [0.3, 0.4) is 0 Å². The first-order valence-electron chi connectivity index (χ1n) is 29.6. The molecule has 2 N–H and O–H groups in total. The Morgan fingerprint density at radius 1 is 0.546 bits per heavy atom. The maximum atomic E-state index is 11.8. The number of ether oxygens (including phenoxy) is 1. The number of nitrogens with zero attached hydrogens (tertiary/aromatic N) is 16. The number of carbonyl (C=O) groups is 3. The maximum absolute atomic E-state index is 11.8. The number of fused-ring (bicyclic) bond motifs is 7. The SMILES string of the molecule is C1CCOC1.CC(=O)c1ccc2ncccc2c1.CNC.CON(C)C(=O)c1ccc2ncccc2c1.C[C@@H](c1ccc2ncccc2c1)n1nnc2ncc(Br)nc21.C[C@H](c1ccc2ncccc2c1)n1nnc2ncc(Br)nc21.O=C(O)c1ccc2ncccc2c1.[Br-].[CH3-].[Mg+2]. The van der Waals surface area contributed by atoms with Gasteiger partial charge < -0.3 is 39.6 Å². The van der Waals surface area contributed by atoms with Crippen molar-refractivity contribution in [2.75, 3.05) is 41.5 Å². The Hall–Kier alpha value is -9.19. The fraction of sp³-hybridized carbons (Fsp3) is 0.186. The van der Waals surface area contributed by atoms with Gasteiger partial charge in [-0.05, 0) is 200 Å². The molecule has 492 valence electrons. The molecule has 0 saturated carbocycles. The summed E-state index contributed by atoms with van der Waals surface area (Å²) in [7, 11) is 6.79. The number of Topliss-reactive ketones (excluding diaryl/α,β-unsaturated/α-hetero) is 1. The van der Waals surface area contributed by atoms with Crippen LogP contribution in [-0.2, 0) is 9.57 Å². The molecule has 0 bridgehead atoms. The number of nitrogens with one attached hydrogen (secondary N) is 1. The molecule has 1 fully saturated rings. The number of hydrogen-bond acceptors (Lipinski definition) is 19. The molecule has 10 heterocycles. The number of amides is 1. The number of halogens is 3. The molecule has 0 aliphatic carbocycles. The molecule has 1 aliphatic heterocycles. The van der Waals surface area contributed by atoms with Crippen LogP contribution in [0.5, 0.6) is 0 Å². The number of aromatic carboxylic acids is 1. The van der Waals surface area contributed by atoms with Gasteiger partial charge in [0.25, 0.3) is 5.91 Å². The number of rotatable bonds is 8. The van der Waals surface area contributed by atoms with Gasteiger partial charge in [0.1, 0.15) is 9.21 Å². The van der Waals surface area contributed by atoms with Gasteiger partial charge >= 0.3 is 29.0 Å². The van der Waals surface area contributed by atoms with E-state index in [1.165, 1.54) is 25.0 Å². The minimum atomic E-state index is -0.911. The third-order valence-corrected chi connectivity index (χ3v) is 15.1. The fourth-order valence-electron chi connectivity index (χ4n) is 9.42. The van der Waals surface area contributed by atoms with Gasteiger partial charge in [0, 0.05) is 89.3 Å². The first-order valence-corrected chi connectivity index (χ1v) is 31.1. The Kier molecular flexibility index (Phi) is 30.0. The standard InChI is InChI=1S/2C15H11BrN6.C12H12N2O2.C11H9NO.C10H7NO2.C4H8O.C2H7N.CH3.BrH.Mg/c2*1-9(10-4-5-12-11(7-10)3-2-6-17-12)22-15-14(20-21-22)18-8-13(16)19-15;1-14(16-2)12(15)10-5-6-11-9(8-10)4-3-7-13-11;1-8(13)9-4-5-11-10(7-9)3-2-6-12-11;12-10(13)8-3-4-9-7(6-8)2-1-5-11-9;1-2-4-5-3-1;1-3-2;;;/h2*2-9H,1H3;3-8H,1-2H3;2-7H,1H3;1-6H,(H,12,13);1-4H2;3H,1-2H3;1H3;1H;/q;;;;;;;-1;;+2/p-1/t2*9-;;;;;;;;/m10......../s1. The summed E-state index contributed by atoms with van der Waals surface area (Å²) in [5.74, 6) is -0.996. The van der Waals surface area contributed by atoms with Crippen LogP contribution in [0.2, 0.25) is 0 Å². The van der Waals surface area contributed by atoms with Crippen LogP contribution < -0.4 is 22.3 Å². The van der Waals surface area contributed by atoms with Gasteiger partial charge in [0.2, 0.25) is 11.3 Å². The van der Waals surface area contributed by atoms with Crippen LogP contribution in [0.1, 0.15) is 87.9 Å². The van der Waals surface area contributed by atoms with Gasteiger partial charge in [-0.25, -0.2) is 39.2 Å². The summed E-state index contributed by atoms with van der Waals surface area (Å²) in [6.45, 7) is 7.69. The summed E-state index contributed by atoms with van der Waals surface area (Å²) in [6, 6.07) is 47.3. The van der Waals surface area contributed by atoms with Crippen molar-refractivity contribution in [3.05, 3.63) is 239 Å². The second kappa shape index (κ2) is 37.9. The second-order valence-corrected chi connectivity index (χ2v) is 22.5. The molecule has 2 atom stereocenters. The minimum Gasteiger partial charge on any atom is -1.00 e. The molecule has 5 aromatic carbocycles. The van der Waals surface area contributed by atoms with E-state index < -0.39 is 5.97 Å². The largest absolute Gasteiger partial charge is 2.00 e. The summed E-state index contributed by atoms with van der Waals surface area (Å²) in [6.07, 6.45) is 14.5. The number of carboxylic acid groups (broad SMARTS) is 1. The summed E-state index contributed by atoms with van der Waals surface area (Å²) >= 11 is 6.68. The van der Waals surface area contributed by atoms with Crippen LogP contribution in [0.4, 0.5) is 0 Å². The monoisotopic (exact) mass is 1500 g/mol. The predicted molar refractivity (Wildman–Crippen MR) is 381 cm³/mol. The van der Waals surface area contributed by atoms with Crippen molar-refractivity contribution in [1.29, 1.82) is 0 Å². The van der Waals surface area contributed by atoms with Crippen molar-refractivity contribution >= 4 is 150 Å². The van der Waals surface area contributed by atoms with Gasteiger partial charge in [-0.2, -0.15) is 0 Å². The van der Waals surface area contributed by atoms with Gasteiger partial charge in [0.05, 0.1) is 64.7 Å². The molecule has 1 saturated heterocycles. The second-order valence-electron chi connectivity index (χ2n) is 20.9. The van der Waals surface area contributed by atoms with Gasteiger partial charge in [0.15, 0.2) is 17.1 Å². The quantitative estimate of drug-likeness (QED) is 0.0619. The first kappa shape index (κ1) is 76.8. The van der Waals surface area contributed by atoms with Crippen LogP contribution in [0, 0.1) is 7.43 Å². The zero-order chi connectivity index (χ0) is 66.5. The molecule has 27 heteroatoms. The van der Waals surface area contributed by atoms with Crippen molar-refractivity contribution in [3.63, 3.8) is 0 Å². The molecule has 23 nitrogen and oxygen atoms in total. The fourth-order valence-corrected chi connectivity index (χ4v) is 9.96. The molecule has 0 radical (unpaired) electrons. The minimum absolute atomic E-state index is 0. The molecule has 0 spiro atoms. The van der Waals surface area contributed by atoms with Gasteiger partial charge in [-0.15, -0.1) is 10.2 Å². The zero-order valence-corrected chi connectivity index (χ0v) is 60.6. The van der Waals surface area contributed by atoms with Crippen LogP contribution in [0.25, 0.3) is 77.1 Å². The Morgan fingerprint density at radius 2 is 0.887 bits per heavy atom. The number of ketones is 1. The number of carbonyl (C=O) groups excluding carboxylic acids is 2. The molecule has 14 aromatic rings. The Labute approximate surface area is 603 Å². The molecule has 0 unspecified atom stereocenters. The topological polar surface area (TPSA) is 283 Å². The van der Waals surface area contributed by atoms with Crippen molar-refractivity contribution in [2.24, 2.45) is 0 Å². The Morgan fingerprint density at radius 3 is 1.24 bits per heavy atom. The summed E-state index contributed by atoms with van der Waals surface area (Å²) in [5, 5.41) is 34.2. The van der Waals surface area contributed by atoms with Gasteiger partial charge in [-0.1, -0.05) is 52.9 Å². The molecule has 1 amide bonds. The van der Waals surface area contributed by atoms with Crippen LogP contribution in [0.15, 0.2) is 204 Å².